The first-order valence-electron chi connectivity index (χ1n) is 10.5. The van der Waals surface area contributed by atoms with Crippen molar-refractivity contribution in [1.29, 1.82) is 0 Å². The zero-order valence-electron chi connectivity index (χ0n) is 17.8. The second-order valence-corrected chi connectivity index (χ2v) is 8.14. The smallest absolute Gasteiger partial charge is 0.224 e. The topological polar surface area (TPSA) is 66.1 Å². The summed E-state index contributed by atoms with van der Waals surface area (Å²) in [7, 11) is 3.68. The lowest BCUT2D eigenvalue weighted by atomic mass is 9.88. The van der Waals surface area contributed by atoms with Gasteiger partial charge >= 0.3 is 0 Å². The molecule has 3 heterocycles. The van der Waals surface area contributed by atoms with Gasteiger partial charge in [-0.15, -0.1) is 0 Å². The molecule has 0 amide bonds. The Morgan fingerprint density at radius 1 is 1.31 bits per heavy atom. The maximum Gasteiger partial charge on any atom is 0.224 e. The Hall–Kier alpha value is -2.44. The van der Waals surface area contributed by atoms with Crippen LogP contribution < -0.4 is 10.1 Å². The largest absolute Gasteiger partial charge is 0.480 e. The van der Waals surface area contributed by atoms with Gasteiger partial charge < -0.3 is 19.9 Å². The molecule has 1 fully saturated rings. The number of aryl methyl sites for hydroxylation is 1. The van der Waals surface area contributed by atoms with Crippen LogP contribution in [-0.4, -0.2) is 59.7 Å². The Labute approximate surface area is 172 Å². The van der Waals surface area contributed by atoms with E-state index in [4.69, 9.17) is 9.72 Å². The lowest BCUT2D eigenvalue weighted by molar-refractivity contribution is 0.197. The van der Waals surface area contributed by atoms with Crippen LogP contribution in [0.4, 0.5) is 0 Å². The van der Waals surface area contributed by atoms with Gasteiger partial charge in [-0.1, -0.05) is 6.07 Å². The van der Waals surface area contributed by atoms with Gasteiger partial charge in [0.1, 0.15) is 5.82 Å². The van der Waals surface area contributed by atoms with Gasteiger partial charge in [-0.25, -0.2) is 9.97 Å². The second-order valence-electron chi connectivity index (χ2n) is 8.14. The molecule has 29 heavy (non-hydrogen) atoms. The number of hydrogen-bond donors (Lipinski definition) is 2. The van der Waals surface area contributed by atoms with Crippen LogP contribution in [0.15, 0.2) is 30.5 Å². The first-order valence-corrected chi connectivity index (χ1v) is 10.5. The Kier molecular flexibility index (Phi) is 5.83. The van der Waals surface area contributed by atoms with Crippen molar-refractivity contribution in [1.82, 2.24) is 25.2 Å². The molecular weight excluding hydrogens is 362 g/mol. The van der Waals surface area contributed by atoms with Crippen molar-refractivity contribution in [3.05, 3.63) is 41.6 Å². The van der Waals surface area contributed by atoms with Crippen LogP contribution in [0.3, 0.4) is 0 Å². The van der Waals surface area contributed by atoms with Gasteiger partial charge in [0.05, 0.1) is 23.7 Å². The summed E-state index contributed by atoms with van der Waals surface area (Å²) in [5.41, 5.74) is 5.64. The third-order valence-corrected chi connectivity index (χ3v) is 6.10. The molecule has 1 aliphatic heterocycles. The number of fused-ring (bicyclic) bond motifs is 1. The number of likely N-dealkylation sites (tertiary alicyclic amines) is 1. The predicted molar refractivity (Wildman–Crippen MR) is 118 cm³/mol. The normalized spacial score (nSPS) is 17.0. The molecule has 6 nitrogen and oxygen atoms in total. The molecular formula is C23H31N5O. The molecule has 0 aliphatic carbocycles. The van der Waals surface area contributed by atoms with Crippen LogP contribution >= 0.6 is 0 Å². The fraction of sp³-hybridized carbons (Fsp3) is 0.478. The van der Waals surface area contributed by atoms with Gasteiger partial charge in [0.2, 0.25) is 5.88 Å². The van der Waals surface area contributed by atoms with Crippen molar-refractivity contribution in [3.63, 3.8) is 0 Å². The SMILES string of the molecule is CN[C@H](C)CN1CCC(c2cc(C)c3nc(-c4cccnc4OC)[nH]c3c2)CC1. The third kappa shape index (κ3) is 4.14. The zero-order valence-corrected chi connectivity index (χ0v) is 17.8. The summed E-state index contributed by atoms with van der Waals surface area (Å²) in [4.78, 5) is 15.2. The number of hydrogen-bond acceptors (Lipinski definition) is 5. The van der Waals surface area contributed by atoms with Crippen molar-refractivity contribution in [2.75, 3.05) is 33.8 Å². The predicted octanol–water partition coefficient (Wildman–Crippen LogP) is 3.73. The van der Waals surface area contributed by atoms with E-state index in [0.717, 1.165) is 42.1 Å². The highest BCUT2D eigenvalue weighted by Gasteiger charge is 2.23. The van der Waals surface area contributed by atoms with E-state index in [1.807, 2.05) is 19.2 Å². The first-order chi connectivity index (χ1) is 14.1. The van der Waals surface area contributed by atoms with E-state index in [1.165, 1.54) is 24.0 Å². The summed E-state index contributed by atoms with van der Waals surface area (Å²) in [6, 6.07) is 9.05. The minimum Gasteiger partial charge on any atom is -0.480 e. The molecule has 0 saturated carbocycles. The number of nitrogens with zero attached hydrogens (tertiary/aromatic N) is 3. The third-order valence-electron chi connectivity index (χ3n) is 6.10. The van der Waals surface area contributed by atoms with Crippen LogP contribution in [-0.2, 0) is 0 Å². The lowest BCUT2D eigenvalue weighted by Crippen LogP contribution is -2.41. The van der Waals surface area contributed by atoms with E-state index in [-0.39, 0.29) is 0 Å². The lowest BCUT2D eigenvalue weighted by Gasteiger charge is -2.33. The van der Waals surface area contributed by atoms with Gasteiger partial charge in [0.15, 0.2) is 0 Å². The Morgan fingerprint density at radius 2 is 2.10 bits per heavy atom. The van der Waals surface area contributed by atoms with Crippen molar-refractivity contribution < 1.29 is 4.74 Å². The molecule has 1 aromatic carbocycles. The highest BCUT2D eigenvalue weighted by Crippen LogP contribution is 2.33. The number of pyridine rings is 1. The summed E-state index contributed by atoms with van der Waals surface area (Å²) < 4.78 is 5.41. The molecule has 1 saturated heterocycles. The van der Waals surface area contributed by atoms with Crippen molar-refractivity contribution >= 4 is 11.0 Å². The van der Waals surface area contributed by atoms with E-state index in [0.29, 0.717) is 17.8 Å². The molecule has 0 unspecified atom stereocenters. The number of ether oxygens (including phenoxy) is 1. The molecule has 1 aliphatic rings. The van der Waals surface area contributed by atoms with Crippen LogP contribution in [0.2, 0.25) is 0 Å². The second kappa shape index (κ2) is 8.51. The molecule has 0 bridgehead atoms. The van der Waals surface area contributed by atoms with Crippen molar-refractivity contribution in [3.8, 4) is 17.3 Å². The van der Waals surface area contributed by atoms with Crippen molar-refractivity contribution in [2.45, 2.75) is 38.6 Å². The first kappa shape index (κ1) is 19.9. The highest BCUT2D eigenvalue weighted by atomic mass is 16.5. The fourth-order valence-electron chi connectivity index (χ4n) is 4.34. The van der Waals surface area contributed by atoms with Gasteiger partial charge in [0, 0.05) is 18.8 Å². The molecule has 0 radical (unpaired) electrons. The summed E-state index contributed by atoms with van der Waals surface area (Å²) >= 11 is 0. The number of aromatic amines is 1. The summed E-state index contributed by atoms with van der Waals surface area (Å²) in [6.07, 6.45) is 4.15. The van der Waals surface area contributed by atoms with Crippen LogP contribution in [0.1, 0.15) is 36.8 Å². The maximum atomic E-state index is 5.41. The number of imidazole rings is 1. The monoisotopic (exact) mass is 393 g/mol. The molecule has 2 aromatic heterocycles. The van der Waals surface area contributed by atoms with Gasteiger partial charge in [-0.05, 0) is 82.1 Å². The molecule has 6 heteroatoms. The van der Waals surface area contributed by atoms with Gasteiger partial charge in [0.25, 0.3) is 0 Å². The summed E-state index contributed by atoms with van der Waals surface area (Å²) in [5.74, 6) is 2.01. The Bertz CT molecular complexity index is 975. The molecule has 2 N–H and O–H groups in total. The molecule has 1 atom stereocenters. The number of methoxy groups -OCH3 is 1. The quantitative estimate of drug-likeness (QED) is 0.668. The zero-order chi connectivity index (χ0) is 20.4. The molecule has 3 aromatic rings. The van der Waals surface area contributed by atoms with E-state index in [9.17, 15) is 0 Å². The van der Waals surface area contributed by atoms with Crippen LogP contribution in [0, 0.1) is 6.92 Å². The molecule has 4 rings (SSSR count). The number of aromatic nitrogens is 3. The fourth-order valence-corrected chi connectivity index (χ4v) is 4.34. The molecule has 154 valence electrons. The van der Waals surface area contributed by atoms with E-state index in [1.54, 1.807) is 13.3 Å². The van der Waals surface area contributed by atoms with Crippen LogP contribution in [0.5, 0.6) is 5.88 Å². The standard InChI is InChI=1S/C23H31N5O/c1-15-12-18(17-7-10-28(11-8-17)14-16(2)24-3)13-20-21(15)27-22(26-20)19-6-5-9-25-23(19)29-4/h5-6,9,12-13,16-17,24H,7-8,10-11,14H2,1-4H3,(H,26,27)/t16-/m1/s1. The van der Waals surface area contributed by atoms with E-state index in [2.05, 4.69) is 46.2 Å². The average molecular weight is 394 g/mol. The van der Waals surface area contributed by atoms with Gasteiger partial charge in [-0.2, -0.15) is 0 Å². The number of nitrogens with one attached hydrogen (secondary N) is 2. The summed E-state index contributed by atoms with van der Waals surface area (Å²) in [6.45, 7) is 7.85. The maximum absolute atomic E-state index is 5.41. The van der Waals surface area contributed by atoms with E-state index >= 15 is 0 Å². The molecule has 0 spiro atoms. The number of piperidine rings is 1. The van der Waals surface area contributed by atoms with Crippen molar-refractivity contribution in [2.24, 2.45) is 0 Å². The number of likely N-dealkylation sites (N-methyl/N-ethyl adjacent to an activating group) is 1. The average Bonchev–Trinajstić information content (AvgIpc) is 3.19. The minimum atomic E-state index is 0.540. The Balaban J connectivity index is 1.57. The minimum absolute atomic E-state index is 0.540. The summed E-state index contributed by atoms with van der Waals surface area (Å²) in [5, 5.41) is 3.34. The number of H-pyrrole nitrogens is 1. The highest BCUT2D eigenvalue weighted by molar-refractivity contribution is 5.83. The van der Waals surface area contributed by atoms with Gasteiger partial charge in [-0.3, -0.25) is 0 Å². The Morgan fingerprint density at radius 3 is 2.83 bits per heavy atom. The number of rotatable bonds is 6. The van der Waals surface area contributed by atoms with Crippen LogP contribution in [0.25, 0.3) is 22.4 Å². The van der Waals surface area contributed by atoms with E-state index < -0.39 is 0 Å². The number of benzene rings is 1.